The average Bonchev–Trinajstić information content (AvgIpc) is 2.37. The average molecular weight is 283 g/mol. The van der Waals surface area contributed by atoms with Crippen LogP contribution in [-0.2, 0) is 9.59 Å². The van der Waals surface area contributed by atoms with Crippen molar-refractivity contribution >= 4 is 17.8 Å². The van der Waals surface area contributed by atoms with Gasteiger partial charge in [0.15, 0.2) is 5.96 Å². The van der Waals surface area contributed by atoms with Crippen molar-refractivity contribution in [3.63, 3.8) is 0 Å². The Morgan fingerprint density at radius 1 is 1.50 bits per heavy atom. The number of nitrogens with zero attached hydrogens (tertiary/aromatic N) is 2. The summed E-state index contributed by atoms with van der Waals surface area (Å²) in [6.07, 6.45) is 1.32. The number of likely N-dealkylation sites (N-methyl/N-ethyl adjacent to an activating group) is 1. The first-order valence-corrected chi connectivity index (χ1v) is 6.93. The van der Waals surface area contributed by atoms with Gasteiger partial charge in [0.2, 0.25) is 11.8 Å². The summed E-state index contributed by atoms with van der Waals surface area (Å²) < 4.78 is 0. The fraction of sp³-hybridized carbons (Fsp3) is 0.769. The van der Waals surface area contributed by atoms with Crippen molar-refractivity contribution in [1.29, 1.82) is 0 Å². The first kappa shape index (κ1) is 16.3. The maximum atomic E-state index is 11.6. The van der Waals surface area contributed by atoms with Crippen molar-refractivity contribution in [3.05, 3.63) is 0 Å². The van der Waals surface area contributed by atoms with Crippen molar-refractivity contribution < 1.29 is 9.59 Å². The number of piperidine rings is 1. The van der Waals surface area contributed by atoms with Crippen LogP contribution in [-0.4, -0.2) is 61.9 Å². The second kappa shape index (κ2) is 7.72. The number of hydrogen-bond donors (Lipinski definition) is 3. The molecule has 114 valence electrons. The van der Waals surface area contributed by atoms with E-state index in [1.807, 2.05) is 13.8 Å². The molecule has 0 aromatic carbocycles. The number of likely N-dealkylation sites (tertiary alicyclic amines) is 1. The van der Waals surface area contributed by atoms with Gasteiger partial charge < -0.3 is 20.9 Å². The molecule has 0 bridgehead atoms. The summed E-state index contributed by atoms with van der Waals surface area (Å²) in [6, 6.07) is 0.286. The van der Waals surface area contributed by atoms with Crippen LogP contribution >= 0.6 is 0 Å². The third-order valence-corrected chi connectivity index (χ3v) is 3.06. The van der Waals surface area contributed by atoms with Crippen LogP contribution in [0.3, 0.4) is 0 Å². The normalized spacial score (nSPS) is 20.1. The zero-order valence-electron chi connectivity index (χ0n) is 12.7. The van der Waals surface area contributed by atoms with Gasteiger partial charge in [-0.15, -0.1) is 0 Å². The number of carbonyl (C=O) groups excluding carboxylic acids is 2. The second-order valence-electron chi connectivity index (χ2n) is 5.30. The van der Waals surface area contributed by atoms with Crippen molar-refractivity contribution in [1.82, 2.24) is 20.9 Å². The molecule has 0 aliphatic carbocycles. The predicted molar refractivity (Wildman–Crippen MR) is 78.4 cm³/mol. The molecule has 1 atom stereocenters. The van der Waals surface area contributed by atoms with E-state index in [0.717, 1.165) is 6.42 Å². The molecule has 1 saturated heterocycles. The van der Waals surface area contributed by atoms with E-state index in [1.54, 1.807) is 19.0 Å². The molecule has 1 unspecified atom stereocenters. The Bertz CT molecular complexity index is 381. The topological polar surface area (TPSA) is 85.8 Å². The van der Waals surface area contributed by atoms with Crippen molar-refractivity contribution in [2.45, 2.75) is 38.8 Å². The van der Waals surface area contributed by atoms with Crippen LogP contribution in [0.2, 0.25) is 0 Å². The van der Waals surface area contributed by atoms with Crippen LogP contribution < -0.4 is 16.0 Å². The van der Waals surface area contributed by atoms with E-state index < -0.39 is 0 Å². The molecular weight excluding hydrogens is 258 g/mol. The lowest BCUT2D eigenvalue weighted by atomic mass is 10.1. The zero-order chi connectivity index (χ0) is 15.1. The maximum absolute atomic E-state index is 11.6. The number of carbonyl (C=O) groups is 2. The molecular formula is C13H25N5O2. The summed E-state index contributed by atoms with van der Waals surface area (Å²) in [7, 11) is 3.45. The quantitative estimate of drug-likeness (QED) is 0.470. The van der Waals surface area contributed by atoms with Gasteiger partial charge >= 0.3 is 0 Å². The Morgan fingerprint density at radius 3 is 2.75 bits per heavy atom. The molecule has 3 N–H and O–H groups in total. The van der Waals surface area contributed by atoms with E-state index in [4.69, 9.17) is 0 Å². The van der Waals surface area contributed by atoms with Gasteiger partial charge in [0.05, 0.1) is 6.54 Å². The monoisotopic (exact) mass is 283 g/mol. The molecule has 7 heteroatoms. The van der Waals surface area contributed by atoms with Crippen molar-refractivity contribution in [3.8, 4) is 0 Å². The molecule has 2 amide bonds. The molecule has 1 aliphatic rings. The van der Waals surface area contributed by atoms with E-state index in [-0.39, 0.29) is 30.4 Å². The number of guanidine groups is 1. The van der Waals surface area contributed by atoms with Crippen LogP contribution in [0.4, 0.5) is 0 Å². The Hall–Kier alpha value is -1.79. The van der Waals surface area contributed by atoms with Gasteiger partial charge in [0, 0.05) is 39.1 Å². The third-order valence-electron chi connectivity index (χ3n) is 3.06. The Labute approximate surface area is 120 Å². The lowest BCUT2D eigenvalue weighted by Crippen LogP contribution is -2.53. The molecule has 1 rings (SSSR count). The molecule has 1 aliphatic heterocycles. The minimum Gasteiger partial charge on any atom is -0.352 e. The fourth-order valence-electron chi connectivity index (χ4n) is 2.06. The zero-order valence-corrected chi connectivity index (χ0v) is 12.7. The van der Waals surface area contributed by atoms with Crippen molar-refractivity contribution in [2.24, 2.45) is 4.99 Å². The lowest BCUT2D eigenvalue weighted by molar-refractivity contribution is -0.132. The first-order valence-electron chi connectivity index (χ1n) is 6.93. The highest BCUT2D eigenvalue weighted by Crippen LogP contribution is 2.09. The Kier molecular flexibility index (Phi) is 6.27. The summed E-state index contributed by atoms with van der Waals surface area (Å²) in [5, 5.41) is 9.00. The standard InChI is InChI=1S/C13H25N5O2/c1-9(2)16-11(19)7-15-13(14-3)17-10-5-6-12(20)18(4)8-10/h9-10H,5-8H2,1-4H3,(H,16,19)(H2,14,15,17). The van der Waals surface area contributed by atoms with Crippen LogP contribution in [0.25, 0.3) is 0 Å². The number of aliphatic imine (C=N–C) groups is 1. The number of nitrogens with one attached hydrogen (secondary N) is 3. The van der Waals surface area contributed by atoms with Crippen LogP contribution in [0.1, 0.15) is 26.7 Å². The predicted octanol–water partition coefficient (Wildman–Crippen LogP) is -0.703. The number of amides is 2. The van der Waals surface area contributed by atoms with Gasteiger partial charge in [0.25, 0.3) is 0 Å². The van der Waals surface area contributed by atoms with Gasteiger partial charge in [-0.3, -0.25) is 14.6 Å². The minimum atomic E-state index is -0.0705. The largest absolute Gasteiger partial charge is 0.352 e. The summed E-state index contributed by atoms with van der Waals surface area (Å²) in [4.78, 5) is 28.8. The molecule has 0 spiro atoms. The van der Waals surface area contributed by atoms with E-state index in [0.29, 0.717) is 18.9 Å². The summed E-state index contributed by atoms with van der Waals surface area (Å²) >= 11 is 0. The fourth-order valence-corrected chi connectivity index (χ4v) is 2.06. The molecule has 0 aromatic heterocycles. The molecule has 0 aromatic rings. The Balaban J connectivity index is 2.37. The highest BCUT2D eigenvalue weighted by Gasteiger charge is 2.23. The highest BCUT2D eigenvalue weighted by molar-refractivity contribution is 5.86. The van der Waals surface area contributed by atoms with Gasteiger partial charge in [0.1, 0.15) is 0 Å². The number of hydrogen-bond acceptors (Lipinski definition) is 3. The summed E-state index contributed by atoms with van der Waals surface area (Å²) in [5.41, 5.74) is 0. The lowest BCUT2D eigenvalue weighted by Gasteiger charge is -2.31. The molecule has 1 heterocycles. The van der Waals surface area contributed by atoms with Crippen LogP contribution in [0.5, 0.6) is 0 Å². The molecule has 20 heavy (non-hydrogen) atoms. The summed E-state index contributed by atoms with van der Waals surface area (Å²) in [5.74, 6) is 0.679. The molecule has 1 fully saturated rings. The smallest absolute Gasteiger partial charge is 0.239 e. The molecule has 7 nitrogen and oxygen atoms in total. The third kappa shape index (κ3) is 5.46. The second-order valence-corrected chi connectivity index (χ2v) is 5.30. The van der Waals surface area contributed by atoms with E-state index in [1.165, 1.54) is 0 Å². The van der Waals surface area contributed by atoms with E-state index in [9.17, 15) is 9.59 Å². The van der Waals surface area contributed by atoms with Crippen molar-refractivity contribution in [2.75, 3.05) is 27.2 Å². The molecule has 0 radical (unpaired) electrons. The minimum absolute atomic E-state index is 0.0705. The van der Waals surface area contributed by atoms with Gasteiger partial charge in [-0.1, -0.05) is 0 Å². The van der Waals surface area contributed by atoms with Gasteiger partial charge in [-0.25, -0.2) is 0 Å². The summed E-state index contributed by atoms with van der Waals surface area (Å²) in [6.45, 7) is 4.66. The van der Waals surface area contributed by atoms with E-state index >= 15 is 0 Å². The van der Waals surface area contributed by atoms with E-state index in [2.05, 4.69) is 20.9 Å². The first-order chi connectivity index (χ1) is 9.42. The van der Waals surface area contributed by atoms with Gasteiger partial charge in [-0.2, -0.15) is 0 Å². The molecule has 0 saturated carbocycles. The Morgan fingerprint density at radius 2 is 2.20 bits per heavy atom. The SMILES string of the molecule is CN=C(NCC(=O)NC(C)C)NC1CCC(=O)N(C)C1. The van der Waals surface area contributed by atoms with Crippen LogP contribution in [0.15, 0.2) is 4.99 Å². The highest BCUT2D eigenvalue weighted by atomic mass is 16.2. The van der Waals surface area contributed by atoms with Crippen LogP contribution in [0, 0.1) is 0 Å². The maximum Gasteiger partial charge on any atom is 0.239 e. The number of rotatable bonds is 4. The van der Waals surface area contributed by atoms with Gasteiger partial charge in [-0.05, 0) is 20.3 Å².